The van der Waals surface area contributed by atoms with Gasteiger partial charge in [-0.2, -0.15) is 0 Å². The summed E-state index contributed by atoms with van der Waals surface area (Å²) >= 11 is 0. The van der Waals surface area contributed by atoms with Crippen LogP contribution >= 0.6 is 0 Å². The number of aliphatic hydroxyl groups excluding tert-OH is 3. The quantitative estimate of drug-likeness (QED) is 0.501. The number of hydrogen-bond acceptors (Lipinski definition) is 4. The van der Waals surface area contributed by atoms with Gasteiger partial charge in [-0.1, -0.05) is 13.8 Å². The second-order valence-electron chi connectivity index (χ2n) is 3.02. The lowest BCUT2D eigenvalue weighted by Crippen LogP contribution is -2.55. The molecule has 1 rings (SSSR count). The summed E-state index contributed by atoms with van der Waals surface area (Å²) in [4.78, 5) is 0. The SMILES string of the molecule is CC.C[C@@H]1O[C@@H](C)[C@@H](O)C(O)[C@@H]1O. The van der Waals surface area contributed by atoms with E-state index in [4.69, 9.17) is 4.74 Å². The largest absolute Gasteiger partial charge is 0.388 e. The Kier molecular flexibility index (Phi) is 5.48. The molecule has 4 heteroatoms. The summed E-state index contributed by atoms with van der Waals surface area (Å²) in [6.07, 6.45) is -3.89. The lowest BCUT2D eigenvalue weighted by Gasteiger charge is -2.37. The van der Waals surface area contributed by atoms with E-state index in [-0.39, 0.29) is 0 Å². The maximum atomic E-state index is 9.21. The molecule has 1 aliphatic rings. The third-order valence-corrected chi connectivity index (χ3v) is 2.09. The minimum Gasteiger partial charge on any atom is -0.388 e. The van der Waals surface area contributed by atoms with E-state index in [9.17, 15) is 15.3 Å². The topological polar surface area (TPSA) is 69.9 Å². The van der Waals surface area contributed by atoms with Gasteiger partial charge < -0.3 is 20.1 Å². The minimum absolute atomic E-state index is 0.414. The van der Waals surface area contributed by atoms with Crippen LogP contribution in [-0.4, -0.2) is 45.8 Å². The summed E-state index contributed by atoms with van der Waals surface area (Å²) in [6, 6.07) is 0. The first-order valence-corrected chi connectivity index (χ1v) is 4.73. The van der Waals surface area contributed by atoms with Crippen molar-refractivity contribution < 1.29 is 20.1 Å². The van der Waals surface area contributed by atoms with E-state index in [1.165, 1.54) is 0 Å². The third kappa shape index (κ3) is 2.91. The van der Waals surface area contributed by atoms with Gasteiger partial charge in [-0.25, -0.2) is 0 Å². The predicted octanol–water partition coefficient (Wildman–Crippen LogP) is -0.0975. The molecule has 0 radical (unpaired) electrons. The Morgan fingerprint density at radius 1 is 0.769 bits per heavy atom. The van der Waals surface area contributed by atoms with Crippen LogP contribution in [-0.2, 0) is 4.74 Å². The van der Waals surface area contributed by atoms with Crippen molar-refractivity contribution in [3.8, 4) is 0 Å². The summed E-state index contributed by atoms with van der Waals surface area (Å²) in [6.45, 7) is 7.33. The van der Waals surface area contributed by atoms with Crippen molar-refractivity contribution in [2.24, 2.45) is 0 Å². The van der Waals surface area contributed by atoms with Gasteiger partial charge in [-0.05, 0) is 13.8 Å². The zero-order valence-corrected chi connectivity index (χ0v) is 8.64. The Balaban J connectivity index is 0.000000671. The van der Waals surface area contributed by atoms with Gasteiger partial charge in [0, 0.05) is 0 Å². The van der Waals surface area contributed by atoms with E-state index in [1.807, 2.05) is 13.8 Å². The maximum Gasteiger partial charge on any atom is 0.111 e. The molecule has 4 nitrogen and oxygen atoms in total. The van der Waals surface area contributed by atoms with E-state index in [0.717, 1.165) is 0 Å². The van der Waals surface area contributed by atoms with Crippen molar-refractivity contribution in [3.63, 3.8) is 0 Å². The van der Waals surface area contributed by atoms with Gasteiger partial charge in [0.1, 0.15) is 18.3 Å². The molecule has 3 N–H and O–H groups in total. The molecular formula is C9H20O4. The molecule has 80 valence electrons. The highest BCUT2D eigenvalue weighted by atomic mass is 16.5. The van der Waals surface area contributed by atoms with Crippen molar-refractivity contribution in [1.82, 2.24) is 0 Å². The maximum absolute atomic E-state index is 9.21. The van der Waals surface area contributed by atoms with Crippen LogP contribution in [0.1, 0.15) is 27.7 Å². The van der Waals surface area contributed by atoms with Crippen LogP contribution in [0.4, 0.5) is 0 Å². The molecule has 0 aliphatic carbocycles. The van der Waals surface area contributed by atoms with Crippen LogP contribution in [0.2, 0.25) is 0 Å². The molecule has 1 aliphatic heterocycles. The second kappa shape index (κ2) is 5.54. The normalized spacial score (nSPS) is 45.0. The lowest BCUT2D eigenvalue weighted by molar-refractivity contribution is -0.211. The molecule has 1 fully saturated rings. The summed E-state index contributed by atoms with van der Waals surface area (Å²) in [7, 11) is 0. The van der Waals surface area contributed by atoms with E-state index in [0.29, 0.717) is 0 Å². The van der Waals surface area contributed by atoms with Crippen molar-refractivity contribution in [1.29, 1.82) is 0 Å². The highest BCUT2D eigenvalue weighted by Gasteiger charge is 2.39. The molecule has 1 heterocycles. The molecule has 1 saturated heterocycles. The zero-order chi connectivity index (χ0) is 10.6. The molecular weight excluding hydrogens is 172 g/mol. The fourth-order valence-electron chi connectivity index (χ4n) is 1.26. The van der Waals surface area contributed by atoms with Crippen LogP contribution in [0, 0.1) is 0 Å². The van der Waals surface area contributed by atoms with Gasteiger partial charge in [0.15, 0.2) is 0 Å². The van der Waals surface area contributed by atoms with Crippen LogP contribution in [0.25, 0.3) is 0 Å². The van der Waals surface area contributed by atoms with Gasteiger partial charge >= 0.3 is 0 Å². The van der Waals surface area contributed by atoms with Gasteiger partial charge in [0.25, 0.3) is 0 Å². The lowest BCUT2D eigenvalue weighted by atomic mass is 9.97. The third-order valence-electron chi connectivity index (χ3n) is 2.09. The van der Waals surface area contributed by atoms with Gasteiger partial charge in [-0.3, -0.25) is 0 Å². The Bertz CT molecular complexity index is 126. The minimum atomic E-state index is -1.09. The van der Waals surface area contributed by atoms with E-state index < -0.39 is 30.5 Å². The molecule has 0 bridgehead atoms. The molecule has 0 saturated carbocycles. The van der Waals surface area contributed by atoms with Gasteiger partial charge in [0.05, 0.1) is 12.2 Å². The highest BCUT2D eigenvalue weighted by Crippen LogP contribution is 2.19. The van der Waals surface area contributed by atoms with Crippen LogP contribution in [0.15, 0.2) is 0 Å². The number of ether oxygens (including phenoxy) is 1. The average molecular weight is 192 g/mol. The van der Waals surface area contributed by atoms with Crippen LogP contribution in [0.3, 0.4) is 0 Å². The van der Waals surface area contributed by atoms with E-state index in [2.05, 4.69) is 0 Å². The summed E-state index contributed by atoms with van der Waals surface area (Å²) in [5.74, 6) is 0. The number of rotatable bonds is 0. The van der Waals surface area contributed by atoms with E-state index in [1.54, 1.807) is 13.8 Å². The average Bonchev–Trinajstić information content (AvgIpc) is 2.15. The Morgan fingerprint density at radius 3 is 1.38 bits per heavy atom. The van der Waals surface area contributed by atoms with Crippen molar-refractivity contribution in [2.45, 2.75) is 58.2 Å². The summed E-state index contributed by atoms with van der Waals surface area (Å²) in [5, 5.41) is 27.6. The second-order valence-corrected chi connectivity index (χ2v) is 3.02. The molecule has 13 heavy (non-hydrogen) atoms. The number of hydrogen-bond donors (Lipinski definition) is 3. The Labute approximate surface area is 79.2 Å². The Hall–Kier alpha value is -0.160. The first kappa shape index (κ1) is 12.8. The van der Waals surface area contributed by atoms with Crippen molar-refractivity contribution in [3.05, 3.63) is 0 Å². The van der Waals surface area contributed by atoms with Crippen LogP contribution in [0.5, 0.6) is 0 Å². The number of aliphatic hydroxyl groups is 3. The molecule has 0 aromatic rings. The zero-order valence-electron chi connectivity index (χ0n) is 8.64. The molecule has 0 unspecified atom stereocenters. The standard InChI is InChI=1S/C7H14O4.C2H6/c1-3-5(8)7(10)6(9)4(2)11-3;1-2/h3-10H,1-2H3;1-2H3/t3-,4-,5+,6+;/m0./s1. The van der Waals surface area contributed by atoms with Gasteiger partial charge in [-0.15, -0.1) is 0 Å². The summed E-state index contributed by atoms with van der Waals surface area (Å²) < 4.78 is 5.12. The fraction of sp³-hybridized carbons (Fsp3) is 1.00. The smallest absolute Gasteiger partial charge is 0.111 e. The molecule has 0 aromatic carbocycles. The van der Waals surface area contributed by atoms with Crippen molar-refractivity contribution in [2.75, 3.05) is 0 Å². The monoisotopic (exact) mass is 192 g/mol. The van der Waals surface area contributed by atoms with Crippen molar-refractivity contribution >= 4 is 0 Å². The highest BCUT2D eigenvalue weighted by molar-refractivity contribution is 4.88. The van der Waals surface area contributed by atoms with Gasteiger partial charge in [0.2, 0.25) is 0 Å². The fourth-order valence-corrected chi connectivity index (χ4v) is 1.26. The first-order valence-electron chi connectivity index (χ1n) is 4.73. The molecule has 4 atom stereocenters. The molecule has 0 spiro atoms. The molecule has 0 amide bonds. The predicted molar refractivity (Wildman–Crippen MR) is 49.4 cm³/mol. The molecule has 0 aromatic heterocycles. The van der Waals surface area contributed by atoms with E-state index >= 15 is 0 Å². The summed E-state index contributed by atoms with van der Waals surface area (Å²) in [5.41, 5.74) is 0. The Morgan fingerprint density at radius 2 is 1.08 bits per heavy atom. The first-order chi connectivity index (χ1) is 6.04. The van der Waals surface area contributed by atoms with Crippen LogP contribution < -0.4 is 0 Å².